The number of amides is 2. The number of carbonyl (C=O) groups excluding carboxylic acids is 1. The van der Waals surface area contributed by atoms with Gasteiger partial charge in [-0.3, -0.25) is 0 Å². The summed E-state index contributed by atoms with van der Waals surface area (Å²) in [6.45, 7) is 4.73. The van der Waals surface area contributed by atoms with Crippen LogP contribution in [-0.4, -0.2) is 36.0 Å². The van der Waals surface area contributed by atoms with Crippen LogP contribution in [0.2, 0.25) is 0 Å². The van der Waals surface area contributed by atoms with E-state index in [1.165, 1.54) is 11.3 Å². The van der Waals surface area contributed by atoms with Crippen LogP contribution in [0.5, 0.6) is 0 Å². The molecule has 8 heteroatoms. The average molecular weight is 341 g/mol. The second kappa shape index (κ2) is 8.16. The van der Waals surface area contributed by atoms with Gasteiger partial charge in [0.15, 0.2) is 0 Å². The summed E-state index contributed by atoms with van der Waals surface area (Å²) in [5, 5.41) is 18.5. The van der Waals surface area contributed by atoms with Crippen molar-refractivity contribution in [2.75, 3.05) is 11.9 Å². The molecule has 1 aromatic rings. The average Bonchev–Trinajstić information content (AvgIpc) is 2.89. The van der Waals surface area contributed by atoms with Gasteiger partial charge in [0.25, 0.3) is 0 Å². The normalized spacial score (nSPS) is 17.8. The number of nitrogens with one attached hydrogen (secondary N) is 3. The van der Waals surface area contributed by atoms with Crippen LogP contribution in [0.3, 0.4) is 0 Å². The third-order valence-corrected chi connectivity index (χ3v) is 4.39. The molecule has 4 N–H and O–H groups in total. The minimum absolute atomic E-state index is 0.0496. The van der Waals surface area contributed by atoms with Crippen LogP contribution < -0.4 is 16.0 Å². The van der Waals surface area contributed by atoms with Crippen LogP contribution in [0.4, 0.5) is 9.80 Å². The maximum Gasteiger partial charge on any atom is 0.338 e. The molecule has 1 aromatic heterocycles. The number of hydrogen-bond acceptors (Lipinski definition) is 5. The van der Waals surface area contributed by atoms with Crippen molar-refractivity contribution in [2.45, 2.75) is 51.9 Å². The Kier molecular flexibility index (Phi) is 6.23. The molecule has 0 aliphatic carbocycles. The molecule has 2 heterocycles. The van der Waals surface area contributed by atoms with Gasteiger partial charge in [-0.2, -0.15) is 0 Å². The SMILES string of the molecule is CC(C)NC(=O)NCc1cc(C(=O)O)c(NC2CCCCO2)s1. The molecular formula is C15H23N3O4S. The highest BCUT2D eigenvalue weighted by Crippen LogP contribution is 2.30. The molecule has 7 nitrogen and oxygen atoms in total. The fourth-order valence-electron chi connectivity index (χ4n) is 2.28. The van der Waals surface area contributed by atoms with Crippen molar-refractivity contribution in [2.24, 2.45) is 0 Å². The Labute approximate surface area is 139 Å². The summed E-state index contributed by atoms with van der Waals surface area (Å²) in [7, 11) is 0. The third kappa shape index (κ3) is 5.40. The number of ether oxygens (including phenoxy) is 1. The van der Waals surface area contributed by atoms with Crippen LogP contribution in [-0.2, 0) is 11.3 Å². The van der Waals surface area contributed by atoms with E-state index >= 15 is 0 Å². The number of aromatic carboxylic acids is 1. The highest BCUT2D eigenvalue weighted by atomic mass is 32.1. The first-order chi connectivity index (χ1) is 11.0. The van der Waals surface area contributed by atoms with Crippen LogP contribution in [0.25, 0.3) is 0 Å². The summed E-state index contributed by atoms with van der Waals surface area (Å²) < 4.78 is 5.59. The van der Waals surface area contributed by atoms with Gasteiger partial charge in [-0.25, -0.2) is 9.59 Å². The van der Waals surface area contributed by atoms with Crippen molar-refractivity contribution in [1.82, 2.24) is 10.6 Å². The number of urea groups is 1. The van der Waals surface area contributed by atoms with Gasteiger partial charge in [0, 0.05) is 17.5 Å². The van der Waals surface area contributed by atoms with E-state index in [-0.39, 0.29) is 30.4 Å². The van der Waals surface area contributed by atoms with Crippen LogP contribution in [0.15, 0.2) is 6.07 Å². The zero-order valence-corrected chi connectivity index (χ0v) is 14.2. The lowest BCUT2D eigenvalue weighted by Gasteiger charge is -2.23. The summed E-state index contributed by atoms with van der Waals surface area (Å²) >= 11 is 1.33. The van der Waals surface area contributed by atoms with Crippen LogP contribution >= 0.6 is 11.3 Å². The Bertz CT molecular complexity index is 553. The third-order valence-electron chi connectivity index (χ3n) is 3.33. The monoisotopic (exact) mass is 341 g/mol. The standard InChI is InChI=1S/C15H23N3O4S/c1-9(2)17-15(21)16-8-10-7-11(14(19)20)13(23-10)18-12-5-3-4-6-22-12/h7,9,12,18H,3-6,8H2,1-2H3,(H,19,20)(H2,16,17,21). The van der Waals surface area contributed by atoms with Gasteiger partial charge in [0.05, 0.1) is 12.1 Å². The lowest BCUT2D eigenvalue weighted by atomic mass is 10.2. The Morgan fingerprint density at radius 3 is 2.83 bits per heavy atom. The second-order valence-electron chi connectivity index (χ2n) is 5.74. The van der Waals surface area contributed by atoms with Crippen molar-refractivity contribution < 1.29 is 19.4 Å². The van der Waals surface area contributed by atoms with E-state index in [4.69, 9.17) is 4.74 Å². The molecule has 0 saturated carbocycles. The molecule has 0 spiro atoms. The Balaban J connectivity index is 1.99. The molecular weight excluding hydrogens is 318 g/mol. The summed E-state index contributed by atoms with van der Waals surface area (Å²) in [6.07, 6.45) is 2.82. The van der Waals surface area contributed by atoms with Crippen molar-refractivity contribution in [3.05, 3.63) is 16.5 Å². The summed E-state index contributed by atoms with van der Waals surface area (Å²) in [5.74, 6) is -0.988. The quantitative estimate of drug-likeness (QED) is 0.637. The van der Waals surface area contributed by atoms with Gasteiger partial charge >= 0.3 is 12.0 Å². The predicted molar refractivity (Wildman–Crippen MR) is 89.0 cm³/mol. The lowest BCUT2D eigenvalue weighted by molar-refractivity contribution is 0.0344. The van der Waals surface area contributed by atoms with E-state index in [0.29, 0.717) is 11.6 Å². The smallest absolute Gasteiger partial charge is 0.338 e. The molecule has 1 fully saturated rings. The van der Waals surface area contributed by atoms with Crippen molar-refractivity contribution in [3.63, 3.8) is 0 Å². The van der Waals surface area contributed by atoms with Gasteiger partial charge in [0.1, 0.15) is 11.2 Å². The predicted octanol–water partition coefficient (Wildman–Crippen LogP) is 2.59. The highest BCUT2D eigenvalue weighted by Gasteiger charge is 2.20. The molecule has 128 valence electrons. The fraction of sp³-hybridized carbons (Fsp3) is 0.600. The molecule has 1 aliphatic rings. The molecule has 2 amide bonds. The number of carbonyl (C=O) groups is 2. The minimum atomic E-state index is -0.988. The zero-order valence-electron chi connectivity index (χ0n) is 13.3. The first-order valence-corrected chi connectivity index (χ1v) is 8.56. The van der Waals surface area contributed by atoms with Crippen molar-refractivity contribution >= 4 is 28.3 Å². The Hall–Kier alpha value is -1.80. The van der Waals surface area contributed by atoms with E-state index in [2.05, 4.69) is 16.0 Å². The number of anilines is 1. The van der Waals surface area contributed by atoms with E-state index < -0.39 is 5.97 Å². The van der Waals surface area contributed by atoms with E-state index in [0.717, 1.165) is 24.1 Å². The van der Waals surface area contributed by atoms with E-state index in [1.807, 2.05) is 13.8 Å². The maximum absolute atomic E-state index is 11.6. The number of carboxylic acid groups (broad SMARTS) is 1. The van der Waals surface area contributed by atoms with Gasteiger partial charge in [-0.05, 0) is 39.2 Å². The zero-order chi connectivity index (χ0) is 16.8. The molecule has 1 atom stereocenters. The Morgan fingerprint density at radius 1 is 1.43 bits per heavy atom. The van der Waals surface area contributed by atoms with Gasteiger partial charge in [-0.15, -0.1) is 11.3 Å². The molecule has 1 unspecified atom stereocenters. The maximum atomic E-state index is 11.6. The van der Waals surface area contributed by atoms with Gasteiger partial charge in [-0.1, -0.05) is 0 Å². The fourth-order valence-corrected chi connectivity index (χ4v) is 3.31. The van der Waals surface area contributed by atoms with Crippen molar-refractivity contribution in [3.8, 4) is 0 Å². The molecule has 2 rings (SSSR count). The highest BCUT2D eigenvalue weighted by molar-refractivity contribution is 7.16. The van der Waals surface area contributed by atoms with Crippen molar-refractivity contribution in [1.29, 1.82) is 0 Å². The topological polar surface area (TPSA) is 99.7 Å². The van der Waals surface area contributed by atoms with E-state index in [1.54, 1.807) is 6.07 Å². The number of rotatable bonds is 6. The molecule has 1 aliphatic heterocycles. The molecule has 0 bridgehead atoms. The number of hydrogen-bond donors (Lipinski definition) is 4. The lowest BCUT2D eigenvalue weighted by Crippen LogP contribution is -2.38. The molecule has 0 radical (unpaired) electrons. The number of carboxylic acids is 1. The summed E-state index contributed by atoms with van der Waals surface area (Å²) in [4.78, 5) is 23.8. The summed E-state index contributed by atoms with van der Waals surface area (Å²) in [6, 6.07) is 1.37. The summed E-state index contributed by atoms with van der Waals surface area (Å²) in [5.41, 5.74) is 0.213. The first kappa shape index (κ1) is 17.6. The van der Waals surface area contributed by atoms with Crippen LogP contribution in [0, 0.1) is 0 Å². The minimum Gasteiger partial charge on any atom is -0.478 e. The molecule has 0 aromatic carbocycles. The Morgan fingerprint density at radius 2 is 2.22 bits per heavy atom. The van der Waals surface area contributed by atoms with Crippen LogP contribution in [0.1, 0.15) is 48.3 Å². The second-order valence-corrected chi connectivity index (χ2v) is 6.88. The van der Waals surface area contributed by atoms with E-state index in [9.17, 15) is 14.7 Å². The largest absolute Gasteiger partial charge is 0.478 e. The first-order valence-electron chi connectivity index (χ1n) is 7.74. The molecule has 23 heavy (non-hydrogen) atoms. The number of thiophene rings is 1. The molecule has 1 saturated heterocycles. The van der Waals surface area contributed by atoms with Gasteiger partial charge in [0.2, 0.25) is 0 Å². The van der Waals surface area contributed by atoms with Gasteiger partial charge < -0.3 is 25.8 Å².